The molecule has 33 heavy (non-hydrogen) atoms. The maximum absolute atomic E-state index is 13.3. The van der Waals surface area contributed by atoms with Gasteiger partial charge in [0.1, 0.15) is 30.5 Å². The van der Waals surface area contributed by atoms with E-state index in [0.717, 1.165) is 11.1 Å². The number of nitrogens with one attached hydrogen (secondary N) is 1. The number of ether oxygens (including phenoxy) is 2. The molecular weight excluding hydrogens is 495 g/mol. The summed E-state index contributed by atoms with van der Waals surface area (Å²) in [5.41, 5.74) is 1.91. The highest BCUT2D eigenvalue weighted by atomic mass is 79.9. The number of amides is 1. The first-order valence-corrected chi connectivity index (χ1v) is 11.4. The SMILES string of the molecule is CC(=O)N1CC2CC(c3ccc(OCCOc4cc(F)ccc4Br)cc3)=C(C(=O)O)[C@@H](C1)N2. The third-order valence-corrected chi connectivity index (χ3v) is 6.44. The number of rotatable bonds is 7. The molecule has 174 valence electrons. The molecule has 2 atom stereocenters. The van der Waals surface area contributed by atoms with E-state index in [0.29, 0.717) is 41.1 Å². The van der Waals surface area contributed by atoms with Crippen LogP contribution in [0.2, 0.25) is 0 Å². The van der Waals surface area contributed by atoms with Crippen LogP contribution in [0.25, 0.3) is 5.57 Å². The minimum absolute atomic E-state index is 0.0148. The van der Waals surface area contributed by atoms with Gasteiger partial charge in [-0.1, -0.05) is 12.1 Å². The van der Waals surface area contributed by atoms with Crippen molar-refractivity contribution >= 4 is 33.4 Å². The molecule has 9 heteroatoms. The van der Waals surface area contributed by atoms with Gasteiger partial charge in [-0.05, 0) is 57.8 Å². The van der Waals surface area contributed by atoms with E-state index in [1.54, 1.807) is 23.1 Å². The van der Waals surface area contributed by atoms with E-state index < -0.39 is 12.0 Å². The zero-order valence-electron chi connectivity index (χ0n) is 18.0. The monoisotopic (exact) mass is 518 g/mol. The molecule has 0 radical (unpaired) electrons. The summed E-state index contributed by atoms with van der Waals surface area (Å²) < 4.78 is 25.2. The van der Waals surface area contributed by atoms with Crippen LogP contribution >= 0.6 is 15.9 Å². The van der Waals surface area contributed by atoms with Crippen molar-refractivity contribution in [3.8, 4) is 11.5 Å². The Morgan fingerprint density at radius 2 is 1.88 bits per heavy atom. The van der Waals surface area contributed by atoms with Crippen LogP contribution in [0.15, 0.2) is 52.5 Å². The lowest BCUT2D eigenvalue weighted by atomic mass is 9.83. The number of carbonyl (C=O) groups is 2. The van der Waals surface area contributed by atoms with E-state index >= 15 is 0 Å². The van der Waals surface area contributed by atoms with Gasteiger partial charge >= 0.3 is 5.97 Å². The van der Waals surface area contributed by atoms with Gasteiger partial charge in [-0.3, -0.25) is 4.79 Å². The predicted molar refractivity (Wildman–Crippen MR) is 124 cm³/mol. The molecule has 2 aromatic carbocycles. The maximum atomic E-state index is 13.3. The van der Waals surface area contributed by atoms with Crippen LogP contribution in [0, 0.1) is 5.82 Å². The Morgan fingerprint density at radius 3 is 2.58 bits per heavy atom. The average Bonchev–Trinajstić information content (AvgIpc) is 2.78. The minimum Gasteiger partial charge on any atom is -0.490 e. The van der Waals surface area contributed by atoms with Gasteiger partial charge in [0, 0.05) is 32.1 Å². The summed E-state index contributed by atoms with van der Waals surface area (Å²) in [6.07, 6.45) is 0.526. The fourth-order valence-electron chi connectivity index (χ4n) is 4.28. The molecule has 2 bridgehead atoms. The smallest absolute Gasteiger partial charge is 0.333 e. The van der Waals surface area contributed by atoms with E-state index in [2.05, 4.69) is 21.2 Å². The first-order chi connectivity index (χ1) is 15.8. The summed E-state index contributed by atoms with van der Waals surface area (Å²) in [6.45, 7) is 2.91. The summed E-state index contributed by atoms with van der Waals surface area (Å²) >= 11 is 3.31. The van der Waals surface area contributed by atoms with Gasteiger partial charge < -0.3 is 24.8 Å². The Bertz CT molecular complexity index is 1090. The first-order valence-electron chi connectivity index (χ1n) is 10.6. The fourth-order valence-corrected chi connectivity index (χ4v) is 4.64. The second-order valence-corrected chi connectivity index (χ2v) is 8.89. The normalized spacial score (nSPS) is 19.9. The number of piperazine rings is 1. The Balaban J connectivity index is 1.41. The quantitative estimate of drug-likeness (QED) is 0.545. The molecule has 0 saturated carbocycles. The average molecular weight is 519 g/mol. The van der Waals surface area contributed by atoms with Gasteiger partial charge in [0.25, 0.3) is 0 Å². The van der Waals surface area contributed by atoms with Crippen molar-refractivity contribution < 1.29 is 28.6 Å². The minimum atomic E-state index is -0.979. The largest absolute Gasteiger partial charge is 0.490 e. The van der Waals surface area contributed by atoms with E-state index in [1.165, 1.54) is 19.1 Å². The van der Waals surface area contributed by atoms with Crippen molar-refractivity contribution in [2.75, 3.05) is 26.3 Å². The second-order valence-electron chi connectivity index (χ2n) is 8.04. The van der Waals surface area contributed by atoms with Crippen molar-refractivity contribution in [2.45, 2.75) is 25.4 Å². The molecule has 0 spiro atoms. The number of hydrogen-bond donors (Lipinski definition) is 2. The number of aliphatic carboxylic acids is 1. The number of fused-ring (bicyclic) bond motifs is 2. The molecule has 2 N–H and O–H groups in total. The lowest BCUT2D eigenvalue weighted by Crippen LogP contribution is -2.61. The van der Waals surface area contributed by atoms with Crippen molar-refractivity contribution in [3.63, 3.8) is 0 Å². The van der Waals surface area contributed by atoms with Crippen LogP contribution in [0.4, 0.5) is 4.39 Å². The molecule has 2 aliphatic heterocycles. The molecule has 0 aliphatic carbocycles. The van der Waals surface area contributed by atoms with Crippen LogP contribution in [0.1, 0.15) is 18.9 Å². The number of halogens is 2. The molecular formula is C24H24BrFN2O5. The van der Waals surface area contributed by atoms with Crippen molar-refractivity contribution in [3.05, 3.63) is 63.9 Å². The van der Waals surface area contributed by atoms with Gasteiger partial charge in [0.2, 0.25) is 5.91 Å². The number of hydrogen-bond acceptors (Lipinski definition) is 5. The van der Waals surface area contributed by atoms with Crippen molar-refractivity contribution in [1.29, 1.82) is 0 Å². The molecule has 7 nitrogen and oxygen atoms in total. The molecule has 4 rings (SSSR count). The maximum Gasteiger partial charge on any atom is 0.333 e. The van der Waals surface area contributed by atoms with E-state index in [9.17, 15) is 19.1 Å². The zero-order valence-corrected chi connectivity index (χ0v) is 19.6. The van der Waals surface area contributed by atoms with E-state index in [4.69, 9.17) is 9.47 Å². The van der Waals surface area contributed by atoms with Gasteiger partial charge in [-0.2, -0.15) is 0 Å². The number of benzene rings is 2. The summed E-state index contributed by atoms with van der Waals surface area (Å²) in [7, 11) is 0. The van der Waals surface area contributed by atoms with Gasteiger partial charge in [-0.25, -0.2) is 9.18 Å². The molecule has 0 aromatic heterocycles. The molecule has 1 saturated heterocycles. The molecule has 2 heterocycles. The predicted octanol–water partition coefficient (Wildman–Crippen LogP) is 3.48. The topological polar surface area (TPSA) is 88.1 Å². The Labute approximate surface area is 199 Å². The number of nitrogens with zero attached hydrogens (tertiary/aromatic N) is 1. The molecule has 1 fully saturated rings. The Morgan fingerprint density at radius 1 is 1.15 bits per heavy atom. The van der Waals surface area contributed by atoms with Crippen LogP contribution in [-0.4, -0.2) is 60.3 Å². The number of carboxylic acids is 1. The van der Waals surface area contributed by atoms with E-state index in [1.807, 2.05) is 12.1 Å². The standard InChI is InChI=1S/C24H24BrFN2O5/c1-14(29)28-12-17-11-19(23(24(30)31)21(13-28)27-17)15-2-5-18(6-3-15)32-8-9-33-22-10-16(26)4-7-20(22)25/h2-7,10,17,21,27H,8-9,11-13H2,1H3,(H,30,31)/t17?,21-/m1/s1. The first kappa shape index (κ1) is 23.3. The Kier molecular flexibility index (Phi) is 6.99. The molecule has 2 aromatic rings. The zero-order chi connectivity index (χ0) is 23.5. The second kappa shape index (κ2) is 9.93. The fraction of sp³-hybridized carbons (Fsp3) is 0.333. The lowest BCUT2D eigenvalue weighted by molar-refractivity contribution is -0.135. The highest BCUT2D eigenvalue weighted by Gasteiger charge is 2.39. The van der Waals surface area contributed by atoms with Crippen molar-refractivity contribution in [2.24, 2.45) is 0 Å². The highest BCUT2D eigenvalue weighted by Crippen LogP contribution is 2.34. The third-order valence-electron chi connectivity index (χ3n) is 5.79. The molecule has 1 unspecified atom stereocenters. The number of carbonyl (C=O) groups excluding carboxylic acids is 1. The van der Waals surface area contributed by atoms with Gasteiger partial charge in [0.05, 0.1) is 16.1 Å². The van der Waals surface area contributed by atoms with Crippen LogP contribution in [0.5, 0.6) is 11.5 Å². The summed E-state index contributed by atoms with van der Waals surface area (Å²) in [5.74, 6) is -0.380. The third kappa shape index (κ3) is 5.36. The van der Waals surface area contributed by atoms with Crippen LogP contribution in [0.3, 0.4) is 0 Å². The summed E-state index contributed by atoms with van der Waals surface area (Å²) in [5, 5.41) is 13.2. The van der Waals surface area contributed by atoms with Gasteiger partial charge in [-0.15, -0.1) is 0 Å². The van der Waals surface area contributed by atoms with Crippen LogP contribution < -0.4 is 14.8 Å². The van der Waals surface area contributed by atoms with E-state index in [-0.39, 0.29) is 31.0 Å². The summed E-state index contributed by atoms with van der Waals surface area (Å²) in [6, 6.07) is 11.1. The van der Waals surface area contributed by atoms with Crippen LogP contribution in [-0.2, 0) is 9.59 Å². The molecule has 2 aliphatic rings. The Hall–Kier alpha value is -2.91. The van der Waals surface area contributed by atoms with Gasteiger partial charge in [0.15, 0.2) is 0 Å². The van der Waals surface area contributed by atoms with Crippen molar-refractivity contribution in [1.82, 2.24) is 10.2 Å². The lowest BCUT2D eigenvalue weighted by Gasteiger charge is -2.43. The molecule has 1 amide bonds. The number of carboxylic acid groups (broad SMARTS) is 1. The summed E-state index contributed by atoms with van der Waals surface area (Å²) in [4.78, 5) is 25.6. The highest BCUT2D eigenvalue weighted by molar-refractivity contribution is 9.10.